The van der Waals surface area contributed by atoms with Crippen LogP contribution in [0.3, 0.4) is 0 Å². The lowest BCUT2D eigenvalue weighted by Crippen LogP contribution is -2.46. The molecule has 6 heteroatoms. The van der Waals surface area contributed by atoms with Crippen molar-refractivity contribution in [2.45, 2.75) is 39.3 Å². The zero-order valence-corrected chi connectivity index (χ0v) is 15.2. The maximum absolute atomic E-state index is 12.0. The van der Waals surface area contributed by atoms with Crippen LogP contribution in [0.15, 0.2) is 34.9 Å². The summed E-state index contributed by atoms with van der Waals surface area (Å²) in [6, 6.07) is 10.1. The predicted molar refractivity (Wildman–Crippen MR) is 95.6 cm³/mol. The van der Waals surface area contributed by atoms with Gasteiger partial charge in [-0.2, -0.15) is 4.98 Å². The third kappa shape index (κ3) is 4.45. The highest BCUT2D eigenvalue weighted by Crippen LogP contribution is 2.21. The number of rotatable bonds is 6. The molecule has 1 aromatic carbocycles. The highest BCUT2D eigenvalue weighted by atomic mass is 16.5. The molecule has 0 aliphatic carbocycles. The van der Waals surface area contributed by atoms with Gasteiger partial charge in [0.05, 0.1) is 6.54 Å². The van der Waals surface area contributed by atoms with Crippen LogP contribution < -0.4 is 0 Å². The lowest BCUT2D eigenvalue weighted by atomic mass is 9.96. The van der Waals surface area contributed by atoms with Crippen LogP contribution in [0.5, 0.6) is 0 Å². The van der Waals surface area contributed by atoms with Crippen molar-refractivity contribution < 1.29 is 9.32 Å². The number of piperidine rings is 1. The molecule has 0 radical (unpaired) electrons. The summed E-state index contributed by atoms with van der Waals surface area (Å²) in [5.41, 5.74) is 0.957. The third-order valence-electron chi connectivity index (χ3n) is 4.64. The van der Waals surface area contributed by atoms with Crippen LogP contribution in [0.4, 0.5) is 0 Å². The summed E-state index contributed by atoms with van der Waals surface area (Å²) in [6.07, 6.45) is 1.60. The molecule has 25 heavy (non-hydrogen) atoms. The van der Waals surface area contributed by atoms with Crippen molar-refractivity contribution in [3.8, 4) is 11.4 Å². The lowest BCUT2D eigenvalue weighted by molar-refractivity contribution is -0.136. The zero-order chi connectivity index (χ0) is 17.8. The van der Waals surface area contributed by atoms with Gasteiger partial charge < -0.3 is 9.42 Å². The smallest absolute Gasteiger partial charge is 0.241 e. The molecule has 134 valence electrons. The highest BCUT2D eigenvalue weighted by Gasteiger charge is 2.28. The van der Waals surface area contributed by atoms with Crippen LogP contribution in [0, 0.1) is 5.92 Å². The Morgan fingerprint density at radius 3 is 2.80 bits per heavy atom. The summed E-state index contributed by atoms with van der Waals surface area (Å²) >= 11 is 0. The standard InChI is InChI=1S/C19H26N4O2/c1-14(2)23-12-15(9-10-18(23)24)11-22(3)13-17-20-19(21-25-17)16-7-5-4-6-8-16/h4-8,14-15H,9-13H2,1-3H3. The Morgan fingerprint density at radius 2 is 2.08 bits per heavy atom. The van der Waals surface area contributed by atoms with Crippen LogP contribution in [0.25, 0.3) is 11.4 Å². The summed E-state index contributed by atoms with van der Waals surface area (Å²) in [6.45, 7) is 6.52. The van der Waals surface area contributed by atoms with Crippen molar-refractivity contribution in [1.29, 1.82) is 0 Å². The third-order valence-corrected chi connectivity index (χ3v) is 4.64. The molecule has 1 atom stereocenters. The minimum Gasteiger partial charge on any atom is -0.340 e. The number of hydrogen-bond donors (Lipinski definition) is 0. The van der Waals surface area contributed by atoms with E-state index in [-0.39, 0.29) is 11.9 Å². The molecular formula is C19H26N4O2. The topological polar surface area (TPSA) is 62.5 Å². The quantitative estimate of drug-likeness (QED) is 0.808. The number of benzene rings is 1. The summed E-state index contributed by atoms with van der Waals surface area (Å²) in [5.74, 6) is 2.01. The minimum atomic E-state index is 0.268. The van der Waals surface area contributed by atoms with E-state index in [1.54, 1.807) is 0 Å². The van der Waals surface area contributed by atoms with Gasteiger partial charge in [0.15, 0.2) is 0 Å². The second-order valence-corrected chi connectivity index (χ2v) is 7.12. The summed E-state index contributed by atoms with van der Waals surface area (Å²) < 4.78 is 5.39. The van der Waals surface area contributed by atoms with Gasteiger partial charge in [-0.25, -0.2) is 0 Å². The Bertz CT molecular complexity index is 698. The van der Waals surface area contributed by atoms with Gasteiger partial charge >= 0.3 is 0 Å². The second kappa shape index (κ2) is 7.78. The average Bonchev–Trinajstić information content (AvgIpc) is 3.05. The van der Waals surface area contributed by atoms with Gasteiger partial charge in [-0.05, 0) is 33.2 Å². The van der Waals surface area contributed by atoms with Gasteiger partial charge in [-0.3, -0.25) is 9.69 Å². The normalized spacial score (nSPS) is 18.4. The van der Waals surface area contributed by atoms with Crippen molar-refractivity contribution in [2.75, 3.05) is 20.1 Å². The van der Waals surface area contributed by atoms with Crippen molar-refractivity contribution in [2.24, 2.45) is 5.92 Å². The number of aromatic nitrogens is 2. The van der Waals surface area contributed by atoms with Crippen molar-refractivity contribution in [1.82, 2.24) is 19.9 Å². The lowest BCUT2D eigenvalue weighted by Gasteiger charge is -2.36. The van der Waals surface area contributed by atoms with E-state index < -0.39 is 0 Å². The molecule has 3 rings (SSSR count). The Hall–Kier alpha value is -2.21. The van der Waals surface area contributed by atoms with Crippen LogP contribution >= 0.6 is 0 Å². The Morgan fingerprint density at radius 1 is 1.32 bits per heavy atom. The molecule has 2 heterocycles. The highest BCUT2D eigenvalue weighted by molar-refractivity contribution is 5.77. The number of carbonyl (C=O) groups excluding carboxylic acids is 1. The van der Waals surface area contributed by atoms with Crippen LogP contribution in [-0.2, 0) is 11.3 Å². The molecule has 0 N–H and O–H groups in total. The molecule has 1 fully saturated rings. The summed E-state index contributed by atoms with van der Waals surface area (Å²) in [5, 5.41) is 4.07. The van der Waals surface area contributed by atoms with Crippen LogP contribution in [0.1, 0.15) is 32.6 Å². The maximum atomic E-state index is 12.0. The van der Waals surface area contributed by atoms with E-state index in [0.29, 0.717) is 30.6 Å². The van der Waals surface area contributed by atoms with Crippen molar-refractivity contribution >= 4 is 5.91 Å². The number of amides is 1. The Balaban J connectivity index is 1.55. The zero-order valence-electron chi connectivity index (χ0n) is 15.2. The first-order valence-electron chi connectivity index (χ1n) is 8.89. The number of likely N-dealkylation sites (tertiary alicyclic amines) is 1. The number of carbonyl (C=O) groups is 1. The fraction of sp³-hybridized carbons (Fsp3) is 0.526. The molecule has 0 saturated carbocycles. The van der Waals surface area contributed by atoms with E-state index in [9.17, 15) is 4.79 Å². The van der Waals surface area contributed by atoms with E-state index in [4.69, 9.17) is 4.52 Å². The fourth-order valence-corrected chi connectivity index (χ4v) is 3.35. The number of hydrogen-bond acceptors (Lipinski definition) is 5. The fourth-order valence-electron chi connectivity index (χ4n) is 3.35. The maximum Gasteiger partial charge on any atom is 0.241 e. The monoisotopic (exact) mass is 342 g/mol. The largest absolute Gasteiger partial charge is 0.340 e. The minimum absolute atomic E-state index is 0.268. The molecule has 1 unspecified atom stereocenters. The second-order valence-electron chi connectivity index (χ2n) is 7.12. The summed E-state index contributed by atoms with van der Waals surface area (Å²) in [7, 11) is 2.06. The molecule has 1 aliphatic rings. The number of nitrogens with zero attached hydrogens (tertiary/aromatic N) is 4. The SMILES string of the molecule is CC(C)N1CC(CN(C)Cc2nc(-c3ccccc3)no2)CCC1=O. The van der Waals surface area contributed by atoms with E-state index in [0.717, 1.165) is 25.1 Å². The van der Waals surface area contributed by atoms with Gasteiger partial charge in [0.1, 0.15) is 0 Å². The van der Waals surface area contributed by atoms with E-state index in [1.165, 1.54) is 0 Å². The van der Waals surface area contributed by atoms with Crippen LogP contribution in [-0.4, -0.2) is 52.0 Å². The molecule has 1 aliphatic heterocycles. The molecular weight excluding hydrogens is 316 g/mol. The van der Waals surface area contributed by atoms with Crippen molar-refractivity contribution in [3.05, 3.63) is 36.2 Å². The van der Waals surface area contributed by atoms with E-state index in [2.05, 4.69) is 35.9 Å². The first-order chi connectivity index (χ1) is 12.0. The predicted octanol–water partition coefficient (Wildman–Crippen LogP) is 2.82. The van der Waals surface area contributed by atoms with Gasteiger partial charge in [-0.1, -0.05) is 35.5 Å². The average molecular weight is 342 g/mol. The first-order valence-corrected chi connectivity index (χ1v) is 8.89. The van der Waals surface area contributed by atoms with Gasteiger partial charge in [0.2, 0.25) is 17.6 Å². The van der Waals surface area contributed by atoms with Crippen molar-refractivity contribution in [3.63, 3.8) is 0 Å². The Kier molecular flexibility index (Phi) is 5.48. The molecule has 6 nitrogen and oxygen atoms in total. The van der Waals surface area contributed by atoms with Gasteiger partial charge in [0.25, 0.3) is 0 Å². The van der Waals surface area contributed by atoms with Gasteiger partial charge in [0, 0.05) is 31.1 Å². The molecule has 1 amide bonds. The Labute approximate surface area is 148 Å². The molecule has 0 bridgehead atoms. The molecule has 0 spiro atoms. The molecule has 1 saturated heterocycles. The summed E-state index contributed by atoms with van der Waals surface area (Å²) in [4.78, 5) is 20.6. The van der Waals surface area contributed by atoms with Gasteiger partial charge in [-0.15, -0.1) is 0 Å². The molecule has 2 aromatic rings. The van der Waals surface area contributed by atoms with E-state index >= 15 is 0 Å². The first kappa shape index (κ1) is 17.6. The van der Waals surface area contributed by atoms with Crippen LogP contribution in [0.2, 0.25) is 0 Å². The van der Waals surface area contributed by atoms with E-state index in [1.807, 2.05) is 35.2 Å². The molecule has 1 aromatic heterocycles.